The van der Waals surface area contributed by atoms with Crippen LogP contribution in [0.5, 0.6) is 0 Å². The van der Waals surface area contributed by atoms with Crippen LogP contribution in [0.4, 0.5) is 16.2 Å². The van der Waals surface area contributed by atoms with Gasteiger partial charge in [-0.15, -0.1) is 12.4 Å². The standard InChI is InChI=1S/C12H18N4O2.ClH/c1-7(2)10(13)11(17)15-8-3-5-9(6-4-8)16-12(14)18;/h3-7,10H,13H2,1-2H3,(H,15,17)(H3,14,16,18);1H. The number of halogens is 1. The summed E-state index contributed by atoms with van der Waals surface area (Å²) in [7, 11) is 0. The lowest BCUT2D eigenvalue weighted by Gasteiger charge is -2.15. The molecule has 0 radical (unpaired) electrons. The third-order valence-electron chi connectivity index (χ3n) is 2.44. The Kier molecular flexibility index (Phi) is 6.89. The fourth-order valence-electron chi connectivity index (χ4n) is 1.31. The first-order valence-electron chi connectivity index (χ1n) is 5.63. The Morgan fingerprint density at radius 1 is 1.05 bits per heavy atom. The number of anilines is 2. The lowest BCUT2D eigenvalue weighted by molar-refractivity contribution is -0.118. The number of hydrogen-bond donors (Lipinski definition) is 4. The first-order valence-corrected chi connectivity index (χ1v) is 5.63. The predicted molar refractivity (Wildman–Crippen MR) is 78.3 cm³/mol. The molecule has 0 saturated heterocycles. The summed E-state index contributed by atoms with van der Waals surface area (Å²) < 4.78 is 0. The second kappa shape index (κ2) is 7.60. The van der Waals surface area contributed by atoms with Gasteiger partial charge in [-0.05, 0) is 30.2 Å². The van der Waals surface area contributed by atoms with Crippen molar-refractivity contribution in [3.63, 3.8) is 0 Å². The molecular weight excluding hydrogens is 268 g/mol. The summed E-state index contributed by atoms with van der Waals surface area (Å²) in [6.45, 7) is 3.76. The number of primary amides is 1. The van der Waals surface area contributed by atoms with E-state index in [-0.39, 0.29) is 24.2 Å². The van der Waals surface area contributed by atoms with Crippen LogP contribution in [-0.2, 0) is 4.79 Å². The molecule has 7 heteroatoms. The van der Waals surface area contributed by atoms with Crippen LogP contribution >= 0.6 is 12.4 Å². The molecule has 0 aliphatic rings. The number of hydrogen-bond acceptors (Lipinski definition) is 3. The molecule has 0 fully saturated rings. The number of nitrogens with two attached hydrogens (primary N) is 2. The molecule has 106 valence electrons. The third-order valence-corrected chi connectivity index (χ3v) is 2.44. The van der Waals surface area contributed by atoms with Crippen LogP contribution < -0.4 is 22.1 Å². The molecule has 0 aromatic heterocycles. The zero-order valence-corrected chi connectivity index (χ0v) is 11.7. The van der Waals surface area contributed by atoms with E-state index >= 15 is 0 Å². The number of benzene rings is 1. The molecule has 1 rings (SSSR count). The Hall–Kier alpha value is -1.79. The minimum atomic E-state index is -0.631. The van der Waals surface area contributed by atoms with Gasteiger partial charge in [0.05, 0.1) is 6.04 Å². The minimum absolute atomic E-state index is 0. The normalized spacial score (nSPS) is 11.4. The molecule has 0 heterocycles. The predicted octanol–water partition coefficient (Wildman–Crippen LogP) is 1.52. The van der Waals surface area contributed by atoms with Gasteiger partial charge in [0.2, 0.25) is 5.91 Å². The second-order valence-electron chi connectivity index (χ2n) is 4.33. The molecule has 1 aromatic rings. The van der Waals surface area contributed by atoms with E-state index in [9.17, 15) is 9.59 Å². The molecule has 6 N–H and O–H groups in total. The molecule has 19 heavy (non-hydrogen) atoms. The summed E-state index contributed by atoms with van der Waals surface area (Å²) in [6, 6.07) is 5.43. The van der Waals surface area contributed by atoms with Gasteiger partial charge in [-0.25, -0.2) is 4.79 Å². The zero-order valence-electron chi connectivity index (χ0n) is 10.8. The van der Waals surface area contributed by atoms with Crippen LogP contribution in [0.15, 0.2) is 24.3 Å². The van der Waals surface area contributed by atoms with Crippen molar-refractivity contribution < 1.29 is 9.59 Å². The molecule has 3 amide bonds. The van der Waals surface area contributed by atoms with E-state index in [2.05, 4.69) is 10.6 Å². The quantitative estimate of drug-likeness (QED) is 0.673. The Labute approximate surface area is 118 Å². The van der Waals surface area contributed by atoms with Crippen molar-refractivity contribution in [3.05, 3.63) is 24.3 Å². The molecule has 0 aliphatic carbocycles. The van der Waals surface area contributed by atoms with Crippen LogP contribution in [-0.4, -0.2) is 18.0 Å². The van der Waals surface area contributed by atoms with E-state index in [4.69, 9.17) is 11.5 Å². The van der Waals surface area contributed by atoms with Crippen LogP contribution in [0.25, 0.3) is 0 Å². The lowest BCUT2D eigenvalue weighted by atomic mass is 10.0. The van der Waals surface area contributed by atoms with E-state index in [0.717, 1.165) is 0 Å². The molecule has 0 saturated carbocycles. The average molecular weight is 287 g/mol. The first-order chi connectivity index (χ1) is 8.40. The monoisotopic (exact) mass is 286 g/mol. The lowest BCUT2D eigenvalue weighted by Crippen LogP contribution is -2.39. The summed E-state index contributed by atoms with van der Waals surface area (Å²) in [5.74, 6) is -0.165. The maximum atomic E-state index is 11.7. The summed E-state index contributed by atoms with van der Waals surface area (Å²) in [5.41, 5.74) is 11.9. The van der Waals surface area contributed by atoms with Gasteiger partial charge in [-0.3, -0.25) is 4.79 Å². The molecule has 6 nitrogen and oxygen atoms in total. The number of amides is 3. The molecular formula is C12H19ClN4O2. The maximum absolute atomic E-state index is 11.7. The smallest absolute Gasteiger partial charge is 0.316 e. The topological polar surface area (TPSA) is 110 Å². The highest BCUT2D eigenvalue weighted by atomic mass is 35.5. The van der Waals surface area contributed by atoms with Crippen molar-refractivity contribution in [2.75, 3.05) is 10.6 Å². The Balaban J connectivity index is 0.00000324. The van der Waals surface area contributed by atoms with Crippen molar-refractivity contribution >= 4 is 35.7 Å². The van der Waals surface area contributed by atoms with Crippen molar-refractivity contribution in [1.82, 2.24) is 0 Å². The summed E-state index contributed by atoms with van der Waals surface area (Å²) in [6.07, 6.45) is 0. The van der Waals surface area contributed by atoms with Gasteiger partial charge >= 0.3 is 6.03 Å². The van der Waals surface area contributed by atoms with Crippen LogP contribution in [0.1, 0.15) is 13.8 Å². The number of rotatable bonds is 4. The maximum Gasteiger partial charge on any atom is 0.316 e. The van der Waals surface area contributed by atoms with Gasteiger partial charge < -0.3 is 22.1 Å². The van der Waals surface area contributed by atoms with Gasteiger partial charge in [0.15, 0.2) is 0 Å². The van der Waals surface area contributed by atoms with Gasteiger partial charge in [0.25, 0.3) is 0 Å². The molecule has 0 aliphatic heterocycles. The molecule has 1 aromatic carbocycles. The molecule has 1 atom stereocenters. The van der Waals surface area contributed by atoms with Gasteiger partial charge in [0.1, 0.15) is 0 Å². The van der Waals surface area contributed by atoms with Crippen molar-refractivity contribution in [3.8, 4) is 0 Å². The highest BCUT2D eigenvalue weighted by Crippen LogP contribution is 2.14. The van der Waals surface area contributed by atoms with E-state index in [1.165, 1.54) is 0 Å². The third kappa shape index (κ3) is 5.58. The highest BCUT2D eigenvalue weighted by Gasteiger charge is 2.16. The van der Waals surface area contributed by atoms with Crippen LogP contribution in [0.2, 0.25) is 0 Å². The van der Waals surface area contributed by atoms with Gasteiger partial charge in [0, 0.05) is 11.4 Å². The Morgan fingerprint density at radius 3 is 1.84 bits per heavy atom. The Morgan fingerprint density at radius 2 is 1.47 bits per heavy atom. The summed E-state index contributed by atoms with van der Waals surface area (Å²) in [5, 5.41) is 5.12. The summed E-state index contributed by atoms with van der Waals surface area (Å²) >= 11 is 0. The molecule has 1 unspecified atom stereocenters. The van der Waals surface area contributed by atoms with Crippen LogP contribution in [0.3, 0.4) is 0 Å². The van der Waals surface area contributed by atoms with Crippen LogP contribution in [0, 0.1) is 5.92 Å². The van der Waals surface area contributed by atoms with E-state index in [1.807, 2.05) is 13.8 Å². The minimum Gasteiger partial charge on any atom is -0.351 e. The number of carbonyl (C=O) groups excluding carboxylic acids is 2. The van der Waals surface area contributed by atoms with E-state index < -0.39 is 12.1 Å². The van der Waals surface area contributed by atoms with E-state index in [1.54, 1.807) is 24.3 Å². The number of urea groups is 1. The Bertz CT molecular complexity index is 434. The number of nitrogens with one attached hydrogen (secondary N) is 2. The fraction of sp³-hybridized carbons (Fsp3) is 0.333. The van der Waals surface area contributed by atoms with Gasteiger partial charge in [-0.1, -0.05) is 13.8 Å². The fourth-order valence-corrected chi connectivity index (χ4v) is 1.31. The zero-order chi connectivity index (χ0) is 13.7. The molecule has 0 spiro atoms. The first kappa shape index (κ1) is 17.2. The van der Waals surface area contributed by atoms with Crippen molar-refractivity contribution in [2.24, 2.45) is 17.4 Å². The van der Waals surface area contributed by atoms with Crippen molar-refractivity contribution in [1.29, 1.82) is 0 Å². The van der Waals surface area contributed by atoms with E-state index in [0.29, 0.717) is 11.4 Å². The van der Waals surface area contributed by atoms with Gasteiger partial charge in [-0.2, -0.15) is 0 Å². The molecule has 0 bridgehead atoms. The average Bonchev–Trinajstić information content (AvgIpc) is 2.29. The largest absolute Gasteiger partial charge is 0.351 e. The number of carbonyl (C=O) groups is 2. The SMILES string of the molecule is CC(C)C(N)C(=O)Nc1ccc(NC(N)=O)cc1.Cl. The summed E-state index contributed by atoms with van der Waals surface area (Å²) in [4.78, 5) is 22.3. The van der Waals surface area contributed by atoms with Crippen molar-refractivity contribution in [2.45, 2.75) is 19.9 Å². The highest BCUT2D eigenvalue weighted by molar-refractivity contribution is 5.95. The second-order valence-corrected chi connectivity index (χ2v) is 4.33.